The number of piperidine rings is 1. The minimum absolute atomic E-state index is 0.0485. The summed E-state index contributed by atoms with van der Waals surface area (Å²) < 4.78 is 0. The molecule has 4 rings (SSSR count). The molecule has 1 saturated carbocycles. The van der Waals surface area contributed by atoms with Crippen LogP contribution in [-0.2, 0) is 16.0 Å². The molecule has 0 spiro atoms. The highest BCUT2D eigenvalue weighted by Gasteiger charge is 2.45. The predicted molar refractivity (Wildman–Crippen MR) is 111 cm³/mol. The standard InChI is InChI=1S/C23H28N4O2/c1-2-26-22(29)23(10-5-11-27(15-23)21(28)17-8-9-17)12-18-6-3-4-7-20(18)19-13-24-16-25-14-19/h3-4,6-7,13-14,16-17H,2,5,8-12,15H2,1H3,(H,26,29). The van der Waals surface area contributed by atoms with Crippen molar-refractivity contribution >= 4 is 11.8 Å². The zero-order valence-corrected chi connectivity index (χ0v) is 16.9. The maximum Gasteiger partial charge on any atom is 0.228 e. The minimum Gasteiger partial charge on any atom is -0.356 e. The van der Waals surface area contributed by atoms with Gasteiger partial charge in [0.2, 0.25) is 11.8 Å². The molecule has 2 aliphatic rings. The van der Waals surface area contributed by atoms with E-state index in [1.165, 1.54) is 6.33 Å². The molecule has 1 N–H and O–H groups in total. The zero-order chi connectivity index (χ0) is 20.3. The van der Waals surface area contributed by atoms with Crippen LogP contribution in [0.5, 0.6) is 0 Å². The Kier molecular flexibility index (Phi) is 5.60. The Morgan fingerprint density at radius 3 is 2.69 bits per heavy atom. The molecule has 1 aliphatic carbocycles. The Bertz CT molecular complexity index is 881. The van der Waals surface area contributed by atoms with E-state index in [4.69, 9.17) is 0 Å². The Hall–Kier alpha value is -2.76. The fourth-order valence-corrected chi connectivity index (χ4v) is 4.43. The van der Waals surface area contributed by atoms with Crippen LogP contribution < -0.4 is 5.32 Å². The molecule has 1 saturated heterocycles. The fraction of sp³-hybridized carbons (Fsp3) is 0.478. The van der Waals surface area contributed by atoms with Crippen molar-refractivity contribution in [2.75, 3.05) is 19.6 Å². The van der Waals surface area contributed by atoms with Gasteiger partial charge in [0.25, 0.3) is 0 Å². The SMILES string of the molecule is CCNC(=O)C1(Cc2ccccc2-c2cncnc2)CCCN(C(=O)C2CC2)C1. The molecule has 1 aromatic carbocycles. The van der Waals surface area contributed by atoms with Gasteiger partial charge in [-0.3, -0.25) is 9.59 Å². The van der Waals surface area contributed by atoms with Crippen molar-refractivity contribution in [2.24, 2.45) is 11.3 Å². The lowest BCUT2D eigenvalue weighted by Gasteiger charge is -2.42. The molecule has 6 nitrogen and oxygen atoms in total. The molecule has 2 amide bonds. The molecular formula is C23H28N4O2. The van der Waals surface area contributed by atoms with Crippen molar-refractivity contribution in [3.8, 4) is 11.1 Å². The van der Waals surface area contributed by atoms with Gasteiger partial charge in [-0.15, -0.1) is 0 Å². The molecule has 152 valence electrons. The number of hydrogen-bond donors (Lipinski definition) is 1. The Labute approximate surface area is 171 Å². The van der Waals surface area contributed by atoms with Crippen LogP contribution in [0.4, 0.5) is 0 Å². The Morgan fingerprint density at radius 2 is 1.97 bits per heavy atom. The second-order valence-corrected chi connectivity index (χ2v) is 8.24. The summed E-state index contributed by atoms with van der Waals surface area (Å²) in [6.45, 7) is 3.78. The maximum absolute atomic E-state index is 13.3. The van der Waals surface area contributed by atoms with Crippen LogP contribution in [0.1, 0.15) is 38.2 Å². The number of aromatic nitrogens is 2. The lowest BCUT2D eigenvalue weighted by atomic mass is 9.73. The van der Waals surface area contributed by atoms with E-state index in [9.17, 15) is 9.59 Å². The van der Waals surface area contributed by atoms with Crippen LogP contribution in [0.15, 0.2) is 43.0 Å². The fourth-order valence-electron chi connectivity index (χ4n) is 4.43. The van der Waals surface area contributed by atoms with Gasteiger partial charge in [0.05, 0.1) is 5.41 Å². The van der Waals surface area contributed by atoms with Crippen molar-refractivity contribution in [1.29, 1.82) is 0 Å². The van der Waals surface area contributed by atoms with E-state index in [0.717, 1.165) is 48.9 Å². The van der Waals surface area contributed by atoms with E-state index >= 15 is 0 Å². The molecule has 0 bridgehead atoms. The molecule has 1 atom stereocenters. The zero-order valence-electron chi connectivity index (χ0n) is 16.9. The molecule has 2 fully saturated rings. The first kappa shape index (κ1) is 19.6. The first-order chi connectivity index (χ1) is 14.1. The van der Waals surface area contributed by atoms with E-state index in [-0.39, 0.29) is 17.7 Å². The van der Waals surface area contributed by atoms with Crippen molar-refractivity contribution in [3.05, 3.63) is 48.5 Å². The van der Waals surface area contributed by atoms with Crippen molar-refractivity contribution in [1.82, 2.24) is 20.2 Å². The number of carbonyl (C=O) groups is 2. The normalized spacial score (nSPS) is 21.6. The van der Waals surface area contributed by atoms with E-state index < -0.39 is 5.41 Å². The lowest BCUT2D eigenvalue weighted by molar-refractivity contribution is -0.142. The van der Waals surface area contributed by atoms with Crippen LogP contribution in [-0.4, -0.2) is 46.3 Å². The molecule has 2 aromatic rings. The molecular weight excluding hydrogens is 364 g/mol. The predicted octanol–water partition coefficient (Wildman–Crippen LogP) is 2.84. The molecule has 29 heavy (non-hydrogen) atoms. The molecule has 1 aromatic heterocycles. The topological polar surface area (TPSA) is 75.2 Å². The number of likely N-dealkylation sites (tertiary alicyclic amines) is 1. The highest BCUT2D eigenvalue weighted by Crippen LogP contribution is 2.39. The van der Waals surface area contributed by atoms with E-state index in [1.807, 2.05) is 24.0 Å². The van der Waals surface area contributed by atoms with Crippen molar-refractivity contribution in [3.63, 3.8) is 0 Å². The number of benzene rings is 1. The van der Waals surface area contributed by atoms with Crippen LogP contribution in [0.25, 0.3) is 11.1 Å². The average molecular weight is 393 g/mol. The van der Waals surface area contributed by atoms with Gasteiger partial charge in [-0.25, -0.2) is 9.97 Å². The quantitative estimate of drug-likeness (QED) is 0.820. The summed E-state index contributed by atoms with van der Waals surface area (Å²) in [5.41, 5.74) is 2.47. The van der Waals surface area contributed by atoms with Crippen LogP contribution >= 0.6 is 0 Å². The number of nitrogens with one attached hydrogen (secondary N) is 1. The van der Waals surface area contributed by atoms with E-state index in [0.29, 0.717) is 19.5 Å². The van der Waals surface area contributed by atoms with E-state index in [2.05, 4.69) is 27.4 Å². The van der Waals surface area contributed by atoms with Gasteiger partial charge in [-0.05, 0) is 50.2 Å². The summed E-state index contributed by atoms with van der Waals surface area (Å²) >= 11 is 0. The number of nitrogens with zero attached hydrogens (tertiary/aromatic N) is 3. The first-order valence-corrected chi connectivity index (χ1v) is 10.5. The lowest BCUT2D eigenvalue weighted by Crippen LogP contribution is -2.54. The average Bonchev–Trinajstić information content (AvgIpc) is 3.60. The van der Waals surface area contributed by atoms with Crippen molar-refractivity contribution < 1.29 is 9.59 Å². The number of amides is 2. The van der Waals surface area contributed by atoms with Gasteiger partial charge in [0, 0.05) is 43.5 Å². The Morgan fingerprint density at radius 1 is 1.21 bits per heavy atom. The number of rotatable bonds is 6. The molecule has 0 radical (unpaired) electrons. The monoisotopic (exact) mass is 392 g/mol. The molecule has 1 unspecified atom stereocenters. The minimum atomic E-state index is -0.607. The second kappa shape index (κ2) is 8.31. The van der Waals surface area contributed by atoms with Crippen LogP contribution in [0, 0.1) is 11.3 Å². The van der Waals surface area contributed by atoms with Gasteiger partial charge < -0.3 is 10.2 Å². The largest absolute Gasteiger partial charge is 0.356 e. The summed E-state index contributed by atoms with van der Waals surface area (Å²) in [4.78, 5) is 36.2. The Balaban J connectivity index is 1.67. The number of hydrogen-bond acceptors (Lipinski definition) is 4. The smallest absolute Gasteiger partial charge is 0.228 e. The van der Waals surface area contributed by atoms with Crippen molar-refractivity contribution in [2.45, 2.75) is 39.0 Å². The number of carbonyl (C=O) groups excluding carboxylic acids is 2. The molecule has 6 heteroatoms. The van der Waals surface area contributed by atoms with E-state index in [1.54, 1.807) is 12.4 Å². The third-order valence-electron chi connectivity index (χ3n) is 6.05. The van der Waals surface area contributed by atoms with Gasteiger partial charge in [0.15, 0.2) is 0 Å². The summed E-state index contributed by atoms with van der Waals surface area (Å²) in [7, 11) is 0. The van der Waals surface area contributed by atoms with Crippen LogP contribution in [0.2, 0.25) is 0 Å². The summed E-state index contributed by atoms with van der Waals surface area (Å²) in [5, 5.41) is 3.04. The maximum atomic E-state index is 13.3. The van der Waals surface area contributed by atoms with Gasteiger partial charge >= 0.3 is 0 Å². The first-order valence-electron chi connectivity index (χ1n) is 10.5. The summed E-state index contributed by atoms with van der Waals surface area (Å²) in [6, 6.07) is 8.12. The molecule has 2 heterocycles. The molecule has 1 aliphatic heterocycles. The summed E-state index contributed by atoms with van der Waals surface area (Å²) in [6.07, 6.45) is 9.33. The van der Waals surface area contributed by atoms with Gasteiger partial charge in [-0.2, -0.15) is 0 Å². The second-order valence-electron chi connectivity index (χ2n) is 8.24. The third kappa shape index (κ3) is 4.16. The third-order valence-corrected chi connectivity index (χ3v) is 6.05. The summed E-state index contributed by atoms with van der Waals surface area (Å²) in [5.74, 6) is 0.448. The van der Waals surface area contributed by atoms with Gasteiger partial charge in [-0.1, -0.05) is 24.3 Å². The highest BCUT2D eigenvalue weighted by atomic mass is 16.2. The highest BCUT2D eigenvalue weighted by molar-refractivity contribution is 5.86. The van der Waals surface area contributed by atoms with Crippen LogP contribution in [0.3, 0.4) is 0 Å². The van der Waals surface area contributed by atoms with Gasteiger partial charge in [0.1, 0.15) is 6.33 Å².